The van der Waals surface area contributed by atoms with Gasteiger partial charge in [0.25, 0.3) is 5.91 Å². The summed E-state index contributed by atoms with van der Waals surface area (Å²) in [7, 11) is 0. The number of carbonyl (C=O) groups is 2. The van der Waals surface area contributed by atoms with Crippen molar-refractivity contribution in [1.82, 2.24) is 4.90 Å². The van der Waals surface area contributed by atoms with E-state index in [2.05, 4.69) is 47.8 Å². The van der Waals surface area contributed by atoms with Gasteiger partial charge in [-0.05, 0) is 44.0 Å². The summed E-state index contributed by atoms with van der Waals surface area (Å²) in [6.07, 6.45) is 0.884. The molecule has 1 aromatic carbocycles. The highest BCUT2D eigenvalue weighted by Gasteiger charge is 2.21. The Hall–Kier alpha value is -0.400. The smallest absolute Gasteiger partial charge is 0.260 e. The molecule has 0 N–H and O–H groups in total. The molecule has 7 heteroatoms. The summed E-state index contributed by atoms with van der Waals surface area (Å²) in [6, 6.07) is 3.70. The van der Waals surface area contributed by atoms with E-state index >= 15 is 0 Å². The van der Waals surface area contributed by atoms with Crippen LogP contribution in [0.1, 0.15) is 12.8 Å². The maximum absolute atomic E-state index is 12.0. The van der Waals surface area contributed by atoms with E-state index in [1.807, 2.05) is 12.1 Å². The monoisotopic (exact) mass is 467 g/mol. The van der Waals surface area contributed by atoms with Crippen molar-refractivity contribution in [3.8, 4) is 5.75 Å². The van der Waals surface area contributed by atoms with E-state index in [1.54, 1.807) is 4.90 Å². The molecule has 108 valence electrons. The molecule has 2 rings (SSSR count). The second-order valence-electron chi connectivity index (χ2n) is 4.41. The minimum absolute atomic E-state index is 0.0347. The van der Waals surface area contributed by atoms with Crippen LogP contribution in [0.25, 0.3) is 0 Å². The molecule has 0 aliphatic carbocycles. The quantitative estimate of drug-likeness (QED) is 0.680. The van der Waals surface area contributed by atoms with Crippen molar-refractivity contribution < 1.29 is 14.3 Å². The Morgan fingerprint density at radius 2 is 1.70 bits per heavy atom. The van der Waals surface area contributed by atoms with Crippen molar-refractivity contribution >= 4 is 59.5 Å². The van der Waals surface area contributed by atoms with E-state index in [0.29, 0.717) is 31.7 Å². The third-order valence-electron chi connectivity index (χ3n) is 2.98. The molecule has 1 fully saturated rings. The van der Waals surface area contributed by atoms with Crippen LogP contribution in [0.4, 0.5) is 0 Å². The topological polar surface area (TPSA) is 46.6 Å². The third kappa shape index (κ3) is 4.05. The van der Waals surface area contributed by atoms with Gasteiger partial charge in [-0.2, -0.15) is 0 Å². The first-order valence-corrected chi connectivity index (χ1v) is 8.42. The Balaban J connectivity index is 1.95. The molecule has 0 atom stereocenters. The summed E-state index contributed by atoms with van der Waals surface area (Å²) in [5.74, 6) is 0.710. The normalized spacial score (nSPS) is 15.3. The molecule has 4 nitrogen and oxygen atoms in total. The number of halogens is 3. The van der Waals surface area contributed by atoms with Gasteiger partial charge in [-0.15, -0.1) is 0 Å². The lowest BCUT2D eigenvalue weighted by molar-refractivity contribution is -0.136. The second kappa shape index (κ2) is 7.04. The average molecular weight is 470 g/mol. The van der Waals surface area contributed by atoms with Crippen LogP contribution in [0.3, 0.4) is 0 Å². The van der Waals surface area contributed by atoms with Gasteiger partial charge in [-0.25, -0.2) is 0 Å². The average Bonchev–Trinajstić information content (AvgIpc) is 2.38. The lowest BCUT2D eigenvalue weighted by Gasteiger charge is -2.26. The Morgan fingerprint density at radius 1 is 1.15 bits per heavy atom. The van der Waals surface area contributed by atoms with E-state index in [-0.39, 0.29) is 18.3 Å². The molecule has 1 heterocycles. The van der Waals surface area contributed by atoms with Crippen LogP contribution in [0.2, 0.25) is 0 Å². The highest BCUT2D eigenvalue weighted by molar-refractivity contribution is 9.11. The predicted octanol–water partition coefficient (Wildman–Crippen LogP) is 3.54. The fraction of sp³-hybridized carbons (Fsp3) is 0.385. The van der Waals surface area contributed by atoms with Crippen LogP contribution < -0.4 is 4.74 Å². The first kappa shape index (κ1) is 16.0. The minimum atomic E-state index is -0.0979. The molecular formula is C13H12Br3NO3. The molecule has 0 spiro atoms. The Labute approximate surface area is 142 Å². The molecule has 0 bridgehead atoms. The van der Waals surface area contributed by atoms with Gasteiger partial charge in [-0.1, -0.05) is 15.9 Å². The van der Waals surface area contributed by atoms with Crippen molar-refractivity contribution in [2.24, 2.45) is 0 Å². The van der Waals surface area contributed by atoms with Crippen LogP contribution >= 0.6 is 47.8 Å². The highest BCUT2D eigenvalue weighted by Crippen LogP contribution is 2.36. The highest BCUT2D eigenvalue weighted by atomic mass is 79.9. The van der Waals surface area contributed by atoms with E-state index in [0.717, 1.165) is 13.4 Å². The van der Waals surface area contributed by atoms with Crippen LogP contribution in [-0.2, 0) is 9.59 Å². The summed E-state index contributed by atoms with van der Waals surface area (Å²) < 4.78 is 8.01. The number of nitrogens with zero attached hydrogens (tertiary/aromatic N) is 1. The number of piperidine rings is 1. The van der Waals surface area contributed by atoms with Gasteiger partial charge in [0.05, 0.1) is 8.95 Å². The van der Waals surface area contributed by atoms with Gasteiger partial charge in [-0.3, -0.25) is 9.59 Å². The number of ketones is 1. The third-order valence-corrected chi connectivity index (χ3v) is 4.61. The first-order chi connectivity index (χ1) is 9.47. The molecule has 1 amide bonds. The van der Waals surface area contributed by atoms with E-state index < -0.39 is 0 Å². The van der Waals surface area contributed by atoms with Crippen molar-refractivity contribution in [2.75, 3.05) is 19.7 Å². The van der Waals surface area contributed by atoms with Crippen molar-refractivity contribution in [3.05, 3.63) is 25.6 Å². The largest absolute Gasteiger partial charge is 0.481 e. The van der Waals surface area contributed by atoms with Crippen LogP contribution in [0.5, 0.6) is 5.75 Å². The van der Waals surface area contributed by atoms with E-state index in [4.69, 9.17) is 4.74 Å². The molecule has 1 aliphatic rings. The molecular weight excluding hydrogens is 458 g/mol. The van der Waals surface area contributed by atoms with Crippen LogP contribution in [-0.4, -0.2) is 36.3 Å². The Bertz CT molecular complexity index is 515. The van der Waals surface area contributed by atoms with Gasteiger partial charge in [0, 0.05) is 30.4 Å². The van der Waals surface area contributed by atoms with Crippen LogP contribution in [0.15, 0.2) is 25.6 Å². The lowest BCUT2D eigenvalue weighted by atomic mass is 10.1. The zero-order chi connectivity index (χ0) is 14.7. The molecule has 20 heavy (non-hydrogen) atoms. The zero-order valence-electron chi connectivity index (χ0n) is 10.5. The first-order valence-electron chi connectivity index (χ1n) is 6.04. The number of benzene rings is 1. The number of hydrogen-bond acceptors (Lipinski definition) is 3. The molecule has 0 radical (unpaired) electrons. The number of hydrogen-bond donors (Lipinski definition) is 0. The van der Waals surface area contributed by atoms with Crippen molar-refractivity contribution in [1.29, 1.82) is 0 Å². The fourth-order valence-corrected chi connectivity index (χ4v) is 4.39. The molecule has 1 aromatic rings. The van der Waals surface area contributed by atoms with Gasteiger partial charge in [0.2, 0.25) is 0 Å². The van der Waals surface area contributed by atoms with Crippen molar-refractivity contribution in [2.45, 2.75) is 12.8 Å². The second-order valence-corrected chi connectivity index (χ2v) is 7.03. The number of rotatable bonds is 3. The maximum Gasteiger partial charge on any atom is 0.260 e. The lowest BCUT2D eigenvalue weighted by Crippen LogP contribution is -2.41. The Kier molecular flexibility index (Phi) is 5.63. The summed E-state index contributed by atoms with van der Waals surface area (Å²) in [6.45, 7) is 0.945. The number of amides is 1. The molecule has 0 saturated carbocycles. The molecule has 0 aromatic heterocycles. The maximum atomic E-state index is 12.0. The SMILES string of the molecule is O=C1CCN(C(=O)COc2c(Br)cc(Br)cc2Br)CC1. The fourth-order valence-electron chi connectivity index (χ4n) is 1.90. The molecule has 1 aliphatic heterocycles. The number of ether oxygens (including phenoxy) is 1. The van der Waals surface area contributed by atoms with Gasteiger partial charge in [0.1, 0.15) is 11.5 Å². The summed E-state index contributed by atoms with van der Waals surface area (Å²) in [5.41, 5.74) is 0. The summed E-state index contributed by atoms with van der Waals surface area (Å²) in [4.78, 5) is 24.8. The van der Waals surface area contributed by atoms with E-state index in [1.165, 1.54) is 0 Å². The molecule has 1 saturated heterocycles. The minimum Gasteiger partial charge on any atom is -0.481 e. The number of likely N-dealkylation sites (tertiary alicyclic amines) is 1. The summed E-state index contributed by atoms with van der Waals surface area (Å²) in [5, 5.41) is 0. The van der Waals surface area contributed by atoms with Gasteiger partial charge < -0.3 is 9.64 Å². The molecule has 0 unspecified atom stereocenters. The number of Topliss-reactive ketones (excluding diaryl/α,β-unsaturated/α-hetero) is 1. The van der Waals surface area contributed by atoms with Gasteiger partial charge in [0.15, 0.2) is 6.61 Å². The van der Waals surface area contributed by atoms with Crippen molar-refractivity contribution in [3.63, 3.8) is 0 Å². The summed E-state index contributed by atoms with van der Waals surface area (Å²) >= 11 is 10.2. The van der Waals surface area contributed by atoms with E-state index in [9.17, 15) is 9.59 Å². The standard InChI is InChI=1S/C13H12Br3NO3/c14-8-5-10(15)13(11(16)6-8)20-7-12(19)17-3-1-9(18)2-4-17/h5-6H,1-4,7H2. The van der Waals surface area contributed by atoms with Gasteiger partial charge >= 0.3 is 0 Å². The zero-order valence-corrected chi connectivity index (χ0v) is 15.3. The predicted molar refractivity (Wildman–Crippen MR) is 85.9 cm³/mol. The Morgan fingerprint density at radius 3 is 2.25 bits per heavy atom. The van der Waals surface area contributed by atoms with Crippen LogP contribution in [0, 0.1) is 0 Å². The number of carbonyl (C=O) groups excluding carboxylic acids is 2.